The van der Waals surface area contributed by atoms with E-state index in [1.165, 1.54) is 0 Å². The summed E-state index contributed by atoms with van der Waals surface area (Å²) >= 11 is 3.80. The molecule has 0 unspecified atom stereocenters. The first-order valence-electron chi connectivity index (χ1n) is 3.25. The van der Waals surface area contributed by atoms with Gasteiger partial charge < -0.3 is 4.90 Å². The normalized spacial score (nSPS) is 9.50. The number of thiol groups is 1. The minimum absolute atomic E-state index is 0.170. The number of carbonyl (C=O) groups is 1. The first kappa shape index (κ1) is 9.78. The molecule has 0 aromatic carbocycles. The molecule has 0 aromatic rings. The predicted octanol–water partition coefficient (Wildman–Crippen LogP) is 0.289. The van der Waals surface area contributed by atoms with Crippen LogP contribution in [0.15, 0.2) is 0 Å². The molecule has 0 spiro atoms. The van der Waals surface area contributed by atoms with E-state index < -0.39 is 0 Å². The van der Waals surface area contributed by atoms with Gasteiger partial charge in [0.2, 0.25) is 5.91 Å². The van der Waals surface area contributed by atoms with Crippen molar-refractivity contribution < 1.29 is 4.79 Å². The summed E-state index contributed by atoms with van der Waals surface area (Å²) in [6, 6.07) is 0. The summed E-state index contributed by atoms with van der Waals surface area (Å²) in [4.78, 5) is 12.5. The summed E-state index contributed by atoms with van der Waals surface area (Å²) in [5, 5.41) is 0. The lowest BCUT2D eigenvalue weighted by molar-refractivity contribution is -0.128. The Morgan fingerprint density at radius 1 is 1.60 bits per heavy atom. The van der Waals surface area contributed by atoms with E-state index in [1.807, 2.05) is 0 Å². The maximum atomic E-state index is 10.9. The minimum atomic E-state index is 0.170. The van der Waals surface area contributed by atoms with Gasteiger partial charge in [0.1, 0.15) is 0 Å². The zero-order chi connectivity index (χ0) is 7.98. The van der Waals surface area contributed by atoms with Crippen molar-refractivity contribution in [3.63, 3.8) is 0 Å². The molecule has 10 heavy (non-hydrogen) atoms. The van der Waals surface area contributed by atoms with Gasteiger partial charge in [-0.05, 0) is 6.42 Å². The second kappa shape index (κ2) is 5.56. The standard InChI is InChI=1S/C6H14N2OS/c1-8(2)6(9)4-3-5-7-10/h7,10H,3-5H2,1-2H3. The number of carbonyl (C=O) groups excluding carboxylic acids is 1. The number of nitrogens with zero attached hydrogens (tertiary/aromatic N) is 1. The van der Waals surface area contributed by atoms with Crippen molar-refractivity contribution in [2.75, 3.05) is 20.6 Å². The molecule has 0 fully saturated rings. The summed E-state index contributed by atoms with van der Waals surface area (Å²) in [6.45, 7) is 0.780. The summed E-state index contributed by atoms with van der Waals surface area (Å²) in [5.74, 6) is 0.170. The lowest BCUT2D eigenvalue weighted by Gasteiger charge is -2.08. The van der Waals surface area contributed by atoms with Crippen LogP contribution in [0.1, 0.15) is 12.8 Å². The molecule has 0 aliphatic heterocycles. The molecule has 4 heteroatoms. The molecule has 0 radical (unpaired) electrons. The molecule has 1 N–H and O–H groups in total. The Labute approximate surface area is 67.3 Å². The van der Waals surface area contributed by atoms with Crippen LogP contribution in [-0.2, 0) is 4.79 Å². The fraction of sp³-hybridized carbons (Fsp3) is 0.833. The van der Waals surface area contributed by atoms with Gasteiger partial charge in [0.15, 0.2) is 0 Å². The zero-order valence-electron chi connectivity index (χ0n) is 6.42. The first-order valence-corrected chi connectivity index (χ1v) is 3.70. The molecule has 60 valence electrons. The monoisotopic (exact) mass is 162 g/mol. The maximum Gasteiger partial charge on any atom is 0.222 e. The molecule has 3 nitrogen and oxygen atoms in total. The fourth-order valence-corrected chi connectivity index (χ4v) is 0.700. The number of hydrogen-bond acceptors (Lipinski definition) is 3. The molecule has 0 heterocycles. The van der Waals surface area contributed by atoms with Crippen LogP contribution in [0.2, 0.25) is 0 Å². The van der Waals surface area contributed by atoms with E-state index >= 15 is 0 Å². The van der Waals surface area contributed by atoms with E-state index in [4.69, 9.17) is 0 Å². The molecule has 0 aliphatic rings. The highest BCUT2D eigenvalue weighted by molar-refractivity contribution is 7.78. The molecule has 0 aliphatic carbocycles. The summed E-state index contributed by atoms with van der Waals surface area (Å²) in [5.41, 5.74) is 0. The zero-order valence-corrected chi connectivity index (χ0v) is 7.32. The molecule has 0 bridgehead atoms. The highest BCUT2D eigenvalue weighted by Crippen LogP contribution is 1.91. The number of amides is 1. The highest BCUT2D eigenvalue weighted by atomic mass is 32.1. The van der Waals surface area contributed by atoms with Crippen molar-refractivity contribution in [2.24, 2.45) is 0 Å². The lowest BCUT2D eigenvalue weighted by Crippen LogP contribution is -2.22. The second-order valence-electron chi connectivity index (χ2n) is 2.30. The first-order chi connectivity index (χ1) is 4.68. The van der Waals surface area contributed by atoms with Crippen molar-refractivity contribution in [3.05, 3.63) is 0 Å². The lowest BCUT2D eigenvalue weighted by atomic mass is 10.3. The third-order valence-corrected chi connectivity index (χ3v) is 1.40. The van der Waals surface area contributed by atoms with E-state index in [2.05, 4.69) is 17.5 Å². The smallest absolute Gasteiger partial charge is 0.222 e. The highest BCUT2D eigenvalue weighted by Gasteiger charge is 2.01. The van der Waals surface area contributed by atoms with Crippen molar-refractivity contribution >= 4 is 18.7 Å². The molecule has 0 saturated heterocycles. The van der Waals surface area contributed by atoms with Gasteiger partial charge in [-0.2, -0.15) is 0 Å². The number of hydrogen-bond donors (Lipinski definition) is 2. The van der Waals surface area contributed by atoms with Crippen LogP contribution >= 0.6 is 12.8 Å². The largest absolute Gasteiger partial charge is 0.349 e. The van der Waals surface area contributed by atoms with Gasteiger partial charge in [-0.3, -0.25) is 9.52 Å². The Bertz CT molecular complexity index is 106. The van der Waals surface area contributed by atoms with Crippen LogP contribution in [0.3, 0.4) is 0 Å². The summed E-state index contributed by atoms with van der Waals surface area (Å²) < 4.78 is 2.69. The third-order valence-electron chi connectivity index (χ3n) is 1.18. The molecular formula is C6H14N2OS. The van der Waals surface area contributed by atoms with Crippen LogP contribution in [0, 0.1) is 0 Å². The molecule has 1 amide bonds. The predicted molar refractivity (Wildman–Crippen MR) is 44.9 cm³/mol. The molecule has 0 aromatic heterocycles. The van der Waals surface area contributed by atoms with Gasteiger partial charge in [-0.25, -0.2) is 0 Å². The van der Waals surface area contributed by atoms with Crippen LogP contribution < -0.4 is 4.72 Å². The van der Waals surface area contributed by atoms with E-state index in [0.717, 1.165) is 13.0 Å². The molecular weight excluding hydrogens is 148 g/mol. The van der Waals surface area contributed by atoms with Crippen LogP contribution in [0.5, 0.6) is 0 Å². The number of nitrogens with one attached hydrogen (secondary N) is 1. The van der Waals surface area contributed by atoms with Crippen molar-refractivity contribution in [1.29, 1.82) is 0 Å². The molecule has 0 atom stereocenters. The van der Waals surface area contributed by atoms with Crippen LogP contribution in [0.25, 0.3) is 0 Å². The Hall–Kier alpha value is -0.220. The average Bonchev–Trinajstić information content (AvgIpc) is 1.88. The Balaban J connectivity index is 3.22. The van der Waals surface area contributed by atoms with Crippen LogP contribution in [0.4, 0.5) is 0 Å². The summed E-state index contributed by atoms with van der Waals surface area (Å²) in [6.07, 6.45) is 1.45. The van der Waals surface area contributed by atoms with Crippen LogP contribution in [-0.4, -0.2) is 31.4 Å². The van der Waals surface area contributed by atoms with Gasteiger partial charge in [0, 0.05) is 27.1 Å². The van der Waals surface area contributed by atoms with Crippen molar-refractivity contribution in [1.82, 2.24) is 9.62 Å². The van der Waals surface area contributed by atoms with E-state index in [9.17, 15) is 4.79 Å². The Morgan fingerprint density at radius 3 is 2.60 bits per heavy atom. The second-order valence-corrected chi connectivity index (χ2v) is 2.62. The fourth-order valence-electron chi connectivity index (χ4n) is 0.542. The van der Waals surface area contributed by atoms with E-state index in [-0.39, 0.29) is 5.91 Å². The third kappa shape index (κ3) is 4.64. The Kier molecular flexibility index (Phi) is 5.43. The van der Waals surface area contributed by atoms with Gasteiger partial charge >= 0.3 is 0 Å². The maximum absolute atomic E-state index is 10.9. The van der Waals surface area contributed by atoms with E-state index in [1.54, 1.807) is 19.0 Å². The van der Waals surface area contributed by atoms with Gasteiger partial charge in [-0.15, -0.1) is 0 Å². The average molecular weight is 162 g/mol. The van der Waals surface area contributed by atoms with Gasteiger partial charge in [-0.1, -0.05) is 12.8 Å². The van der Waals surface area contributed by atoms with E-state index in [0.29, 0.717) is 6.42 Å². The van der Waals surface area contributed by atoms with Crippen molar-refractivity contribution in [3.8, 4) is 0 Å². The molecule has 0 rings (SSSR count). The SMILES string of the molecule is CN(C)C(=O)CCCNS. The quantitative estimate of drug-likeness (QED) is 0.460. The van der Waals surface area contributed by atoms with Gasteiger partial charge in [0.05, 0.1) is 0 Å². The number of rotatable bonds is 4. The van der Waals surface area contributed by atoms with Gasteiger partial charge in [0.25, 0.3) is 0 Å². The Morgan fingerprint density at radius 2 is 2.20 bits per heavy atom. The summed E-state index contributed by atoms with van der Waals surface area (Å²) in [7, 11) is 3.52. The van der Waals surface area contributed by atoms with Crippen molar-refractivity contribution in [2.45, 2.75) is 12.8 Å². The minimum Gasteiger partial charge on any atom is -0.349 e. The molecule has 0 saturated carbocycles. The topological polar surface area (TPSA) is 32.3 Å².